The van der Waals surface area contributed by atoms with Crippen LogP contribution in [0.15, 0.2) is 66.7 Å². The molecule has 0 saturated carbocycles. The second kappa shape index (κ2) is 8.71. The molecule has 0 aliphatic rings. The Labute approximate surface area is 166 Å². The Morgan fingerprint density at radius 1 is 0.963 bits per heavy atom. The zero-order chi connectivity index (χ0) is 19.2. The standard InChI is InChI=1S/C21H15Cl2NO3/c22-17-9-4-10-18(21(17)23)24-19(25)13-27-20(26)12-11-15-7-3-6-14-5-1-2-8-16(14)15/h1-12H,13H2,(H,24,25). The van der Waals surface area contributed by atoms with Gasteiger partial charge in [0, 0.05) is 6.08 Å². The molecule has 0 atom stereocenters. The fourth-order valence-corrected chi connectivity index (χ4v) is 2.87. The van der Waals surface area contributed by atoms with E-state index in [0.29, 0.717) is 10.7 Å². The van der Waals surface area contributed by atoms with Crippen molar-refractivity contribution in [3.8, 4) is 0 Å². The zero-order valence-electron chi connectivity index (χ0n) is 14.1. The molecule has 3 aromatic carbocycles. The summed E-state index contributed by atoms with van der Waals surface area (Å²) in [6.45, 7) is -0.429. The topological polar surface area (TPSA) is 55.4 Å². The van der Waals surface area contributed by atoms with Gasteiger partial charge in [0.2, 0.25) is 0 Å². The smallest absolute Gasteiger partial charge is 0.331 e. The molecule has 27 heavy (non-hydrogen) atoms. The van der Waals surface area contributed by atoms with Gasteiger partial charge in [-0.15, -0.1) is 0 Å². The van der Waals surface area contributed by atoms with E-state index in [2.05, 4.69) is 5.32 Å². The van der Waals surface area contributed by atoms with E-state index >= 15 is 0 Å². The van der Waals surface area contributed by atoms with Gasteiger partial charge in [-0.1, -0.05) is 71.7 Å². The number of ether oxygens (including phenoxy) is 1. The number of esters is 1. The van der Waals surface area contributed by atoms with Crippen LogP contribution in [0.4, 0.5) is 5.69 Å². The molecule has 0 aliphatic carbocycles. The summed E-state index contributed by atoms with van der Waals surface area (Å²) in [5, 5.41) is 5.20. The number of rotatable bonds is 5. The molecule has 0 heterocycles. The number of hydrogen-bond acceptors (Lipinski definition) is 3. The fourth-order valence-electron chi connectivity index (χ4n) is 2.53. The Balaban J connectivity index is 1.58. The van der Waals surface area contributed by atoms with Crippen LogP contribution in [0.3, 0.4) is 0 Å². The lowest BCUT2D eigenvalue weighted by Crippen LogP contribution is -2.20. The molecule has 0 radical (unpaired) electrons. The van der Waals surface area contributed by atoms with E-state index in [9.17, 15) is 9.59 Å². The summed E-state index contributed by atoms with van der Waals surface area (Å²) >= 11 is 11.9. The van der Waals surface area contributed by atoms with Crippen LogP contribution in [0.25, 0.3) is 16.8 Å². The molecule has 0 fully saturated rings. The molecular weight excluding hydrogens is 385 g/mol. The number of benzene rings is 3. The summed E-state index contributed by atoms with van der Waals surface area (Å²) in [5.41, 5.74) is 1.25. The number of nitrogens with one attached hydrogen (secondary N) is 1. The molecule has 136 valence electrons. The average molecular weight is 400 g/mol. The van der Waals surface area contributed by atoms with E-state index in [1.54, 1.807) is 24.3 Å². The third kappa shape index (κ3) is 4.88. The van der Waals surface area contributed by atoms with Crippen LogP contribution in [-0.4, -0.2) is 18.5 Å². The summed E-state index contributed by atoms with van der Waals surface area (Å²) in [5.74, 6) is -1.12. The molecular formula is C21H15Cl2NO3. The van der Waals surface area contributed by atoms with Gasteiger partial charge in [-0.25, -0.2) is 4.79 Å². The normalized spacial score (nSPS) is 10.9. The fraction of sp³-hybridized carbons (Fsp3) is 0.0476. The lowest BCUT2D eigenvalue weighted by Gasteiger charge is -2.08. The first-order valence-electron chi connectivity index (χ1n) is 8.11. The number of carbonyl (C=O) groups is 2. The van der Waals surface area contributed by atoms with E-state index < -0.39 is 18.5 Å². The highest BCUT2D eigenvalue weighted by molar-refractivity contribution is 6.44. The van der Waals surface area contributed by atoms with Crippen LogP contribution in [-0.2, 0) is 14.3 Å². The summed E-state index contributed by atoms with van der Waals surface area (Å²) in [4.78, 5) is 23.8. The molecule has 4 nitrogen and oxygen atoms in total. The molecule has 3 aromatic rings. The molecule has 0 aliphatic heterocycles. The van der Waals surface area contributed by atoms with Crippen LogP contribution < -0.4 is 5.32 Å². The quantitative estimate of drug-likeness (QED) is 0.465. The van der Waals surface area contributed by atoms with Crippen molar-refractivity contribution < 1.29 is 14.3 Å². The van der Waals surface area contributed by atoms with E-state index in [1.165, 1.54) is 6.08 Å². The minimum atomic E-state index is -0.615. The first kappa shape index (κ1) is 19.0. The first-order chi connectivity index (χ1) is 13.0. The van der Waals surface area contributed by atoms with Crippen molar-refractivity contribution in [2.75, 3.05) is 11.9 Å². The lowest BCUT2D eigenvalue weighted by molar-refractivity contribution is -0.142. The number of anilines is 1. The predicted octanol–water partition coefficient (Wildman–Crippen LogP) is 5.34. The maximum Gasteiger partial charge on any atom is 0.331 e. The van der Waals surface area contributed by atoms with Crippen molar-refractivity contribution in [2.45, 2.75) is 0 Å². The first-order valence-corrected chi connectivity index (χ1v) is 8.86. The van der Waals surface area contributed by atoms with Crippen molar-refractivity contribution in [1.29, 1.82) is 0 Å². The number of carbonyl (C=O) groups excluding carboxylic acids is 2. The summed E-state index contributed by atoms with van der Waals surface area (Å²) in [6.07, 6.45) is 2.96. The van der Waals surface area contributed by atoms with Crippen molar-refractivity contribution in [2.24, 2.45) is 0 Å². The minimum absolute atomic E-state index is 0.231. The highest BCUT2D eigenvalue weighted by Crippen LogP contribution is 2.29. The van der Waals surface area contributed by atoms with Crippen molar-refractivity contribution in [3.63, 3.8) is 0 Å². The summed E-state index contributed by atoms with van der Waals surface area (Å²) in [6, 6.07) is 18.5. The maximum atomic E-state index is 11.9. The third-order valence-corrected chi connectivity index (χ3v) is 4.61. The van der Waals surface area contributed by atoms with Gasteiger partial charge in [-0.2, -0.15) is 0 Å². The van der Waals surface area contributed by atoms with Crippen LogP contribution in [0, 0.1) is 0 Å². The largest absolute Gasteiger partial charge is 0.452 e. The Kier molecular flexibility index (Phi) is 6.12. The Bertz CT molecular complexity index is 1030. The Hall–Kier alpha value is -2.82. The molecule has 0 bridgehead atoms. The SMILES string of the molecule is O=C(COC(=O)C=Cc1cccc2ccccc12)Nc1cccc(Cl)c1Cl. The number of halogens is 2. The van der Waals surface area contributed by atoms with E-state index in [4.69, 9.17) is 27.9 Å². The molecule has 6 heteroatoms. The molecule has 0 saturated heterocycles. The predicted molar refractivity (Wildman–Crippen MR) is 109 cm³/mol. The van der Waals surface area contributed by atoms with E-state index in [-0.39, 0.29) is 5.02 Å². The Morgan fingerprint density at radius 3 is 2.56 bits per heavy atom. The zero-order valence-corrected chi connectivity index (χ0v) is 15.6. The third-order valence-electron chi connectivity index (χ3n) is 3.79. The second-order valence-corrected chi connectivity index (χ2v) is 6.44. The lowest BCUT2D eigenvalue weighted by atomic mass is 10.0. The molecule has 0 spiro atoms. The van der Waals surface area contributed by atoms with E-state index in [0.717, 1.165) is 16.3 Å². The van der Waals surface area contributed by atoms with Crippen molar-refractivity contribution in [3.05, 3.63) is 82.3 Å². The van der Waals surface area contributed by atoms with Crippen LogP contribution in [0.5, 0.6) is 0 Å². The summed E-state index contributed by atoms with van der Waals surface area (Å²) in [7, 11) is 0. The molecule has 1 N–H and O–H groups in total. The van der Waals surface area contributed by atoms with Crippen molar-refractivity contribution >= 4 is 57.6 Å². The van der Waals surface area contributed by atoms with Gasteiger partial charge in [0.25, 0.3) is 5.91 Å². The average Bonchev–Trinajstić information content (AvgIpc) is 2.68. The van der Waals surface area contributed by atoms with Crippen LogP contribution in [0.2, 0.25) is 10.0 Å². The van der Waals surface area contributed by atoms with Gasteiger partial charge in [0.1, 0.15) is 0 Å². The highest BCUT2D eigenvalue weighted by Gasteiger charge is 2.10. The van der Waals surface area contributed by atoms with Gasteiger partial charge in [-0.05, 0) is 34.5 Å². The molecule has 3 rings (SSSR count). The minimum Gasteiger partial charge on any atom is -0.452 e. The number of amides is 1. The molecule has 0 aromatic heterocycles. The van der Waals surface area contributed by atoms with Gasteiger partial charge >= 0.3 is 5.97 Å². The Morgan fingerprint density at radius 2 is 1.70 bits per heavy atom. The number of hydrogen-bond donors (Lipinski definition) is 1. The summed E-state index contributed by atoms with van der Waals surface area (Å²) < 4.78 is 4.97. The van der Waals surface area contributed by atoms with Gasteiger partial charge < -0.3 is 10.1 Å². The van der Waals surface area contributed by atoms with Crippen LogP contribution >= 0.6 is 23.2 Å². The van der Waals surface area contributed by atoms with E-state index in [1.807, 2.05) is 42.5 Å². The molecule has 1 amide bonds. The van der Waals surface area contributed by atoms with Gasteiger partial charge in [0.15, 0.2) is 6.61 Å². The molecule has 0 unspecified atom stereocenters. The highest BCUT2D eigenvalue weighted by atomic mass is 35.5. The monoisotopic (exact) mass is 399 g/mol. The maximum absolute atomic E-state index is 11.9. The van der Waals surface area contributed by atoms with Crippen molar-refractivity contribution in [1.82, 2.24) is 0 Å². The number of fused-ring (bicyclic) bond motifs is 1. The van der Waals surface area contributed by atoms with Gasteiger partial charge in [-0.3, -0.25) is 4.79 Å². The van der Waals surface area contributed by atoms with Crippen LogP contribution in [0.1, 0.15) is 5.56 Å². The van der Waals surface area contributed by atoms with Gasteiger partial charge in [0.05, 0.1) is 15.7 Å². The second-order valence-electron chi connectivity index (χ2n) is 5.66.